The van der Waals surface area contributed by atoms with Crippen molar-refractivity contribution in [2.45, 2.75) is 27.2 Å². The van der Waals surface area contributed by atoms with E-state index in [9.17, 15) is 0 Å². The second-order valence-electron chi connectivity index (χ2n) is 3.49. The Morgan fingerprint density at radius 3 is 1.77 bits per heavy atom. The van der Waals surface area contributed by atoms with Crippen LogP contribution in [0.1, 0.15) is 27.2 Å². The quantitative estimate of drug-likeness (QED) is 0.442. The molecule has 2 rings (SSSR count). The van der Waals surface area contributed by atoms with Gasteiger partial charge in [-0.1, -0.05) is 20.8 Å². The standard InChI is InChI=1S/C4H5ClN2.C4H6N2.C4H9.CH2Cl2.CH4.Li/c1-7-3-2-6-4(7)5;1-6-3-2-5-4-6;1-3-4-2;2-1-3;;/h2-3H,1H3;2-4H,1H3;1,3-4H2,2H3;1H2;1H4;/q;;-1;;;+1. The van der Waals surface area contributed by atoms with Crippen LogP contribution in [0.3, 0.4) is 0 Å². The average molecular weight is 364 g/mol. The first-order chi connectivity index (χ1) is 9.53. The summed E-state index contributed by atoms with van der Waals surface area (Å²) in [6.07, 6.45) is 11.1. The Labute approximate surface area is 162 Å². The summed E-state index contributed by atoms with van der Waals surface area (Å²) in [4.78, 5) is 7.53. The van der Waals surface area contributed by atoms with Crippen molar-refractivity contribution in [3.8, 4) is 0 Å². The first-order valence-electron chi connectivity index (χ1n) is 5.99. The van der Waals surface area contributed by atoms with Crippen molar-refractivity contribution in [2.24, 2.45) is 14.1 Å². The van der Waals surface area contributed by atoms with Crippen LogP contribution in [0.4, 0.5) is 0 Å². The van der Waals surface area contributed by atoms with Crippen LogP contribution in [0.25, 0.3) is 0 Å². The van der Waals surface area contributed by atoms with Gasteiger partial charge < -0.3 is 16.1 Å². The summed E-state index contributed by atoms with van der Waals surface area (Å²) in [5.41, 5.74) is 0. The molecule has 0 aliphatic rings. The topological polar surface area (TPSA) is 35.6 Å². The van der Waals surface area contributed by atoms with Crippen molar-refractivity contribution in [3.05, 3.63) is 43.3 Å². The van der Waals surface area contributed by atoms with E-state index in [1.807, 2.05) is 24.9 Å². The van der Waals surface area contributed by atoms with Crippen LogP contribution in [0.2, 0.25) is 5.28 Å². The van der Waals surface area contributed by atoms with E-state index in [0.29, 0.717) is 5.28 Å². The molecule has 4 nitrogen and oxygen atoms in total. The minimum Gasteiger partial charge on any atom is -0.343 e. The summed E-state index contributed by atoms with van der Waals surface area (Å²) in [7, 11) is 3.78. The molecular formula is C14H26Cl3LiN4. The molecule has 0 radical (unpaired) electrons. The van der Waals surface area contributed by atoms with Crippen molar-refractivity contribution >= 4 is 34.8 Å². The van der Waals surface area contributed by atoms with Crippen molar-refractivity contribution in [3.63, 3.8) is 0 Å². The predicted octanol–water partition coefficient (Wildman–Crippen LogP) is 2.18. The van der Waals surface area contributed by atoms with Gasteiger partial charge in [0.25, 0.3) is 0 Å². The fraction of sp³-hybridized carbons (Fsp3) is 0.500. The third-order valence-corrected chi connectivity index (χ3v) is 2.12. The van der Waals surface area contributed by atoms with E-state index in [2.05, 4.69) is 23.8 Å². The molecule has 0 amide bonds. The molecule has 0 saturated carbocycles. The Bertz CT molecular complexity index is 376. The molecule has 0 aromatic carbocycles. The van der Waals surface area contributed by atoms with Crippen molar-refractivity contribution in [1.29, 1.82) is 0 Å². The van der Waals surface area contributed by atoms with Crippen LogP contribution in [0.15, 0.2) is 31.1 Å². The summed E-state index contributed by atoms with van der Waals surface area (Å²) in [5, 5.41) is 0.722. The second-order valence-corrected chi connectivity index (χ2v) is 4.64. The summed E-state index contributed by atoms with van der Waals surface area (Å²) in [6, 6.07) is 0. The molecule has 0 unspecified atom stereocenters. The maximum atomic E-state index is 5.48. The zero-order chi connectivity index (χ0) is 15.8. The smallest absolute Gasteiger partial charge is 0.343 e. The summed E-state index contributed by atoms with van der Waals surface area (Å²) >= 11 is 15.0. The molecule has 0 N–H and O–H groups in total. The Morgan fingerprint density at radius 1 is 1.18 bits per heavy atom. The molecule has 0 fully saturated rings. The Hall–Kier alpha value is -0.113. The summed E-state index contributed by atoms with van der Waals surface area (Å²) in [6.45, 7) is 5.72. The third-order valence-electron chi connectivity index (χ3n) is 1.75. The maximum absolute atomic E-state index is 5.48. The number of hydrogen-bond acceptors (Lipinski definition) is 2. The molecule has 2 aromatic rings. The van der Waals surface area contributed by atoms with Crippen molar-refractivity contribution in [1.82, 2.24) is 19.1 Å². The molecular weight excluding hydrogens is 337 g/mol. The molecule has 0 atom stereocenters. The number of nitrogens with zero attached hydrogens (tertiary/aromatic N) is 4. The first-order valence-corrected chi connectivity index (χ1v) is 7.44. The van der Waals surface area contributed by atoms with Crippen LogP contribution >= 0.6 is 34.8 Å². The minimum atomic E-state index is 0. The Morgan fingerprint density at radius 2 is 1.68 bits per heavy atom. The van der Waals surface area contributed by atoms with Crippen LogP contribution in [-0.4, -0.2) is 24.4 Å². The molecule has 0 spiro atoms. The van der Waals surface area contributed by atoms with E-state index in [4.69, 9.17) is 34.8 Å². The van der Waals surface area contributed by atoms with Gasteiger partial charge >= 0.3 is 18.9 Å². The van der Waals surface area contributed by atoms with E-state index in [0.717, 1.165) is 6.42 Å². The number of alkyl halides is 2. The van der Waals surface area contributed by atoms with E-state index < -0.39 is 0 Å². The van der Waals surface area contributed by atoms with E-state index in [1.54, 1.807) is 29.5 Å². The molecule has 2 aromatic heterocycles. The first kappa shape index (κ1) is 29.8. The second kappa shape index (κ2) is 23.2. The zero-order valence-corrected chi connectivity index (χ0v) is 15.4. The number of unbranched alkanes of at least 4 members (excludes halogenated alkanes) is 1. The monoisotopic (exact) mass is 362 g/mol. The van der Waals surface area contributed by atoms with E-state index in [-0.39, 0.29) is 31.6 Å². The fourth-order valence-corrected chi connectivity index (χ4v) is 0.786. The van der Waals surface area contributed by atoms with Crippen LogP contribution in [0.5, 0.6) is 0 Å². The Kier molecular flexibility index (Phi) is 31.4. The van der Waals surface area contributed by atoms with Crippen LogP contribution in [-0.2, 0) is 14.1 Å². The molecule has 0 saturated heterocycles. The summed E-state index contributed by atoms with van der Waals surface area (Å²) in [5.74, 6) is 0. The number of imidazole rings is 2. The van der Waals surface area contributed by atoms with Gasteiger partial charge in [0.15, 0.2) is 0 Å². The predicted molar refractivity (Wildman–Crippen MR) is 95.0 cm³/mol. The summed E-state index contributed by atoms with van der Waals surface area (Å²) < 4.78 is 3.63. The normalized spacial score (nSPS) is 7.59. The van der Waals surface area contributed by atoms with Gasteiger partial charge in [0.2, 0.25) is 5.28 Å². The molecule has 8 heteroatoms. The van der Waals surface area contributed by atoms with Gasteiger partial charge in [-0.25, -0.2) is 9.97 Å². The largest absolute Gasteiger partial charge is 1.00 e. The number of aromatic nitrogens is 4. The van der Waals surface area contributed by atoms with E-state index >= 15 is 0 Å². The molecule has 0 aliphatic heterocycles. The molecule has 0 bridgehead atoms. The van der Waals surface area contributed by atoms with Gasteiger partial charge in [0, 0.05) is 38.9 Å². The van der Waals surface area contributed by atoms with Crippen LogP contribution in [0, 0.1) is 6.92 Å². The average Bonchev–Trinajstić information content (AvgIpc) is 3.04. The zero-order valence-electron chi connectivity index (χ0n) is 13.1. The van der Waals surface area contributed by atoms with Crippen LogP contribution < -0.4 is 18.9 Å². The maximum Gasteiger partial charge on any atom is 1.00 e. The number of rotatable bonds is 1. The number of aryl methyl sites for hydroxylation is 2. The Balaban J connectivity index is -0.000000100. The number of halogens is 3. The SMILES string of the molecule is C.ClCCl.Cn1ccnc1.Cn1ccnc1Cl.[CH2-]CCC.[Li+]. The molecule has 0 aliphatic carbocycles. The van der Waals surface area contributed by atoms with Gasteiger partial charge in [-0.3, -0.25) is 0 Å². The van der Waals surface area contributed by atoms with Crippen molar-refractivity contribution in [2.75, 3.05) is 5.34 Å². The molecule has 22 heavy (non-hydrogen) atoms. The third kappa shape index (κ3) is 22.2. The van der Waals surface area contributed by atoms with Crippen molar-refractivity contribution < 1.29 is 18.9 Å². The number of hydrogen-bond donors (Lipinski definition) is 0. The molecule has 124 valence electrons. The van der Waals surface area contributed by atoms with Gasteiger partial charge in [0.1, 0.15) is 0 Å². The molecule has 2 heterocycles. The van der Waals surface area contributed by atoms with E-state index in [1.165, 1.54) is 6.42 Å². The van der Waals surface area contributed by atoms with Gasteiger partial charge in [-0.05, 0) is 11.6 Å². The van der Waals surface area contributed by atoms with Gasteiger partial charge in [-0.15, -0.1) is 23.2 Å². The van der Waals surface area contributed by atoms with Gasteiger partial charge in [-0.2, -0.15) is 6.42 Å². The minimum absolute atomic E-state index is 0. The fourth-order valence-electron chi connectivity index (χ4n) is 0.673. The van der Waals surface area contributed by atoms with Gasteiger partial charge in [0.05, 0.1) is 11.7 Å².